The summed E-state index contributed by atoms with van der Waals surface area (Å²) in [5, 5.41) is 5.24. The quantitative estimate of drug-likeness (QED) is 0.182. The van der Waals surface area contributed by atoms with Crippen LogP contribution in [0.2, 0.25) is 0 Å². The summed E-state index contributed by atoms with van der Waals surface area (Å²) in [4.78, 5) is 23.8. The van der Waals surface area contributed by atoms with Gasteiger partial charge in [-0.3, -0.25) is 0 Å². The Morgan fingerprint density at radius 2 is 0.812 bits per heavy atom. The lowest BCUT2D eigenvalue weighted by molar-refractivity contribution is 0.928. The summed E-state index contributed by atoms with van der Waals surface area (Å²) in [5.74, 6) is 3.03. The van der Waals surface area contributed by atoms with Crippen LogP contribution >= 0.6 is 0 Å². The third-order valence-electron chi connectivity index (χ3n) is 7.82. The molecule has 48 heavy (non-hydrogen) atoms. The first-order valence-corrected chi connectivity index (χ1v) is 15.9. The average molecular weight is 625 g/mol. The Labute approximate surface area is 281 Å². The molecule has 0 atom stereocenters. The number of fused-ring (bicyclic) bond motifs is 2. The monoisotopic (exact) mass is 624 g/mol. The van der Waals surface area contributed by atoms with Crippen molar-refractivity contribution in [3.63, 3.8) is 0 Å². The molecule has 8 aromatic rings. The zero-order chi connectivity index (χ0) is 33.3. The molecule has 0 aliphatic heterocycles. The van der Waals surface area contributed by atoms with E-state index in [-0.39, 0.29) is 0 Å². The topological polar surface area (TPSA) is 77.3 Å². The molecule has 0 aliphatic carbocycles. The van der Waals surface area contributed by atoms with Crippen LogP contribution in [0.4, 0.5) is 0 Å². The maximum Gasteiger partial charge on any atom is 0.163 e. The molecule has 0 radical (unpaired) electrons. The third kappa shape index (κ3) is 7.45. The Balaban J connectivity index is 0.000000158. The van der Waals surface area contributed by atoms with Crippen molar-refractivity contribution in [1.29, 1.82) is 0 Å². The summed E-state index contributed by atoms with van der Waals surface area (Å²) < 4.78 is 0. The van der Waals surface area contributed by atoms with E-state index in [0.717, 1.165) is 28.9 Å². The second kappa shape index (κ2) is 15.0. The summed E-state index contributed by atoms with van der Waals surface area (Å²) >= 11 is 0. The molecule has 0 N–H and O–H groups in total. The number of hydrogen-bond donors (Lipinski definition) is 0. The molecule has 0 fully saturated rings. The molecule has 6 nitrogen and oxygen atoms in total. The lowest BCUT2D eigenvalue weighted by Gasteiger charge is -2.18. The van der Waals surface area contributed by atoms with Crippen LogP contribution < -0.4 is 0 Å². The summed E-state index contributed by atoms with van der Waals surface area (Å²) in [7, 11) is 0. The molecule has 0 aliphatic rings. The van der Waals surface area contributed by atoms with Crippen molar-refractivity contribution in [2.45, 2.75) is 27.7 Å². The molecular weight excluding hydrogens is 589 g/mol. The van der Waals surface area contributed by atoms with Crippen molar-refractivity contribution in [1.82, 2.24) is 29.9 Å². The third-order valence-corrected chi connectivity index (χ3v) is 7.82. The van der Waals surface area contributed by atoms with Crippen LogP contribution in [-0.4, -0.2) is 29.9 Å². The molecule has 0 amide bonds. The highest BCUT2D eigenvalue weighted by atomic mass is 15.0. The largest absolute Gasteiger partial charge is 0.225 e. The molecule has 0 unspecified atom stereocenters. The van der Waals surface area contributed by atoms with Crippen LogP contribution in [0.3, 0.4) is 0 Å². The maximum absolute atomic E-state index is 4.28. The lowest BCUT2D eigenvalue weighted by Crippen LogP contribution is -1.98. The standard InChI is InChI=1S/C27H20.C11H11N3.C4H5N3/c1-19-16-17-24-25(18-19)27(21-12-6-3-7-13-21)23-15-9-8-14-22(23)26(24)20-10-4-2-5-11-20;1-8-12-9(2)14-11(13-8)10-6-4-3-5-7-10;1-4-6-2-5-3-7-4/h2-18H,1H3;3-7H,1-2H3;2-3H,1H3. The van der Waals surface area contributed by atoms with E-state index in [2.05, 4.69) is 140 Å². The average Bonchev–Trinajstić information content (AvgIpc) is 3.12. The Hall–Kier alpha value is -6.14. The minimum absolute atomic E-state index is 0.746. The van der Waals surface area contributed by atoms with Crippen molar-refractivity contribution >= 4 is 21.5 Å². The van der Waals surface area contributed by atoms with Crippen molar-refractivity contribution < 1.29 is 0 Å². The Bertz CT molecular complexity index is 2240. The van der Waals surface area contributed by atoms with Gasteiger partial charge in [0, 0.05) is 5.56 Å². The Morgan fingerprint density at radius 3 is 1.29 bits per heavy atom. The molecule has 6 heteroatoms. The van der Waals surface area contributed by atoms with Crippen molar-refractivity contribution in [3.8, 4) is 33.6 Å². The van der Waals surface area contributed by atoms with Gasteiger partial charge in [-0.25, -0.2) is 29.9 Å². The first-order chi connectivity index (χ1) is 23.5. The van der Waals surface area contributed by atoms with Crippen LogP contribution in [0.5, 0.6) is 0 Å². The van der Waals surface area contributed by atoms with E-state index in [9.17, 15) is 0 Å². The number of nitrogens with zero attached hydrogens (tertiary/aromatic N) is 6. The van der Waals surface area contributed by atoms with Crippen LogP contribution in [0.1, 0.15) is 23.0 Å². The molecule has 234 valence electrons. The molecule has 2 aromatic heterocycles. The van der Waals surface area contributed by atoms with Gasteiger partial charge in [-0.15, -0.1) is 0 Å². The van der Waals surface area contributed by atoms with E-state index in [1.807, 2.05) is 51.1 Å². The Morgan fingerprint density at radius 1 is 0.375 bits per heavy atom. The minimum Gasteiger partial charge on any atom is -0.225 e. The number of aromatic nitrogens is 6. The van der Waals surface area contributed by atoms with Crippen molar-refractivity contribution in [2.24, 2.45) is 0 Å². The molecule has 0 bridgehead atoms. The van der Waals surface area contributed by atoms with E-state index in [1.165, 1.54) is 62.0 Å². The fourth-order valence-corrected chi connectivity index (χ4v) is 5.75. The first kappa shape index (κ1) is 31.8. The zero-order valence-electron chi connectivity index (χ0n) is 27.5. The van der Waals surface area contributed by atoms with Crippen LogP contribution in [0, 0.1) is 27.7 Å². The van der Waals surface area contributed by atoms with Gasteiger partial charge < -0.3 is 0 Å². The van der Waals surface area contributed by atoms with Crippen molar-refractivity contribution in [2.75, 3.05) is 0 Å². The van der Waals surface area contributed by atoms with Crippen LogP contribution in [-0.2, 0) is 0 Å². The number of benzene rings is 6. The van der Waals surface area contributed by atoms with E-state index < -0.39 is 0 Å². The highest BCUT2D eigenvalue weighted by Crippen LogP contribution is 2.43. The van der Waals surface area contributed by atoms with E-state index in [0.29, 0.717) is 0 Å². The van der Waals surface area contributed by atoms with E-state index in [1.54, 1.807) is 0 Å². The summed E-state index contributed by atoms with van der Waals surface area (Å²) in [5.41, 5.74) is 7.49. The smallest absolute Gasteiger partial charge is 0.163 e. The summed E-state index contributed by atoms with van der Waals surface area (Å²) in [6.07, 6.45) is 2.95. The predicted octanol–water partition coefficient (Wildman–Crippen LogP) is 9.97. The van der Waals surface area contributed by atoms with E-state index in [4.69, 9.17) is 0 Å². The number of rotatable bonds is 3. The molecule has 0 saturated heterocycles. The van der Waals surface area contributed by atoms with Crippen LogP contribution in [0.25, 0.3) is 55.2 Å². The molecule has 6 aromatic carbocycles. The summed E-state index contributed by atoms with van der Waals surface area (Å²) in [6, 6.07) is 47.0. The van der Waals surface area contributed by atoms with Crippen LogP contribution in [0.15, 0.2) is 146 Å². The number of hydrogen-bond acceptors (Lipinski definition) is 6. The van der Waals surface area contributed by atoms with Gasteiger partial charge in [0.25, 0.3) is 0 Å². The predicted molar refractivity (Wildman–Crippen MR) is 196 cm³/mol. The SMILES string of the molecule is Cc1ccc2c(-c3ccccc3)c3ccccc3c(-c3ccccc3)c2c1.Cc1nc(C)nc(-c2ccccc2)n1.Cc1ncncn1. The molecule has 8 rings (SSSR count). The fourth-order valence-electron chi connectivity index (χ4n) is 5.75. The van der Waals surface area contributed by atoms with Gasteiger partial charge in [0.05, 0.1) is 0 Å². The van der Waals surface area contributed by atoms with Gasteiger partial charge in [-0.1, -0.05) is 139 Å². The molecule has 0 spiro atoms. The zero-order valence-corrected chi connectivity index (χ0v) is 27.5. The molecular formula is C42H36N6. The second-order valence-electron chi connectivity index (χ2n) is 11.4. The highest BCUT2D eigenvalue weighted by Gasteiger charge is 2.16. The van der Waals surface area contributed by atoms with Crippen molar-refractivity contribution in [3.05, 3.63) is 169 Å². The normalized spacial score (nSPS) is 10.5. The van der Waals surface area contributed by atoms with Gasteiger partial charge >= 0.3 is 0 Å². The highest BCUT2D eigenvalue weighted by molar-refractivity contribution is 6.21. The molecule has 0 saturated carbocycles. The molecule has 2 heterocycles. The Kier molecular flexibility index (Phi) is 9.92. The van der Waals surface area contributed by atoms with Gasteiger partial charge in [0.15, 0.2) is 5.82 Å². The maximum atomic E-state index is 4.28. The summed E-state index contributed by atoms with van der Waals surface area (Å²) in [6.45, 7) is 7.75. The van der Waals surface area contributed by atoms with Gasteiger partial charge in [0.2, 0.25) is 0 Å². The minimum atomic E-state index is 0.746. The van der Waals surface area contributed by atoms with Gasteiger partial charge in [-0.05, 0) is 71.5 Å². The second-order valence-corrected chi connectivity index (χ2v) is 11.4. The number of aryl methyl sites for hydroxylation is 4. The van der Waals surface area contributed by atoms with Gasteiger partial charge in [-0.2, -0.15) is 0 Å². The lowest BCUT2D eigenvalue weighted by atomic mass is 9.85. The first-order valence-electron chi connectivity index (χ1n) is 15.9. The van der Waals surface area contributed by atoms with Gasteiger partial charge in [0.1, 0.15) is 30.1 Å². The fraction of sp³-hybridized carbons (Fsp3) is 0.0952. The van der Waals surface area contributed by atoms with E-state index >= 15 is 0 Å².